The summed E-state index contributed by atoms with van der Waals surface area (Å²) in [4.78, 5) is 10.3. The Bertz CT molecular complexity index is 646. The maximum atomic E-state index is 10.7. The van der Waals surface area contributed by atoms with Crippen LogP contribution in [-0.4, -0.2) is 11.5 Å². The minimum Gasteiger partial charge on any atom is -0.482 e. The molecular weight excluding hydrogens is 218 g/mol. The van der Waals surface area contributed by atoms with Gasteiger partial charge < -0.3 is 4.74 Å². The van der Waals surface area contributed by atoms with E-state index in [1.807, 2.05) is 36.4 Å². The minimum atomic E-state index is -0.405. The highest BCUT2D eigenvalue weighted by atomic mass is 16.6. The Balaban J connectivity index is 2.20. The van der Waals surface area contributed by atoms with Crippen molar-refractivity contribution in [3.05, 3.63) is 57.8 Å². The van der Waals surface area contributed by atoms with E-state index in [9.17, 15) is 10.1 Å². The van der Waals surface area contributed by atoms with E-state index in [-0.39, 0.29) is 12.3 Å². The van der Waals surface area contributed by atoms with Crippen molar-refractivity contribution in [2.24, 2.45) is 0 Å². The largest absolute Gasteiger partial charge is 0.482 e. The van der Waals surface area contributed by atoms with E-state index in [0.29, 0.717) is 5.75 Å². The van der Waals surface area contributed by atoms with Crippen molar-refractivity contribution in [3.63, 3.8) is 0 Å². The van der Waals surface area contributed by atoms with E-state index >= 15 is 0 Å². The molecule has 84 valence electrons. The van der Waals surface area contributed by atoms with Crippen LogP contribution in [0, 0.1) is 10.1 Å². The Morgan fingerprint density at radius 3 is 2.59 bits per heavy atom. The average molecular weight is 227 g/mol. The van der Waals surface area contributed by atoms with Crippen molar-refractivity contribution in [3.8, 4) is 5.75 Å². The number of nitro groups is 1. The van der Waals surface area contributed by atoms with Gasteiger partial charge in [-0.25, -0.2) is 0 Å². The van der Waals surface area contributed by atoms with Gasteiger partial charge in [0.25, 0.3) is 5.70 Å². The second-order valence-electron chi connectivity index (χ2n) is 3.92. The number of rotatable bonds is 1. The van der Waals surface area contributed by atoms with Crippen LogP contribution in [0.25, 0.3) is 16.8 Å². The Morgan fingerprint density at radius 2 is 1.88 bits per heavy atom. The van der Waals surface area contributed by atoms with Gasteiger partial charge in [0.15, 0.2) is 6.61 Å². The number of fused-ring (bicyclic) bond motifs is 2. The third-order valence-corrected chi connectivity index (χ3v) is 2.81. The van der Waals surface area contributed by atoms with E-state index in [4.69, 9.17) is 4.74 Å². The molecule has 0 radical (unpaired) electrons. The lowest BCUT2D eigenvalue weighted by Crippen LogP contribution is -2.13. The first-order valence-corrected chi connectivity index (χ1v) is 5.24. The molecule has 2 aromatic rings. The normalized spacial score (nSPS) is 13.8. The van der Waals surface area contributed by atoms with Crippen molar-refractivity contribution in [2.45, 2.75) is 0 Å². The smallest absolute Gasteiger partial charge is 0.284 e. The first kappa shape index (κ1) is 9.84. The van der Waals surface area contributed by atoms with Crippen molar-refractivity contribution >= 4 is 16.8 Å². The highest BCUT2D eigenvalue weighted by Gasteiger charge is 2.19. The van der Waals surface area contributed by atoms with Crippen LogP contribution >= 0.6 is 0 Å². The highest BCUT2D eigenvalue weighted by molar-refractivity contribution is 5.87. The molecule has 0 amide bonds. The molecule has 1 aliphatic heterocycles. The van der Waals surface area contributed by atoms with Crippen molar-refractivity contribution in [1.29, 1.82) is 0 Å². The van der Waals surface area contributed by atoms with Crippen LogP contribution in [0.5, 0.6) is 5.75 Å². The maximum Gasteiger partial charge on any atom is 0.284 e. The molecule has 4 nitrogen and oxygen atoms in total. The summed E-state index contributed by atoms with van der Waals surface area (Å²) in [5.41, 5.74) is 0.856. The molecule has 0 N–H and O–H groups in total. The number of benzene rings is 2. The molecule has 0 spiro atoms. The lowest BCUT2D eigenvalue weighted by Gasteiger charge is -2.14. The Labute approximate surface area is 97.3 Å². The van der Waals surface area contributed by atoms with Crippen LogP contribution in [0.2, 0.25) is 0 Å². The van der Waals surface area contributed by atoms with Crippen LogP contribution in [0.3, 0.4) is 0 Å². The van der Waals surface area contributed by atoms with E-state index < -0.39 is 4.92 Å². The zero-order valence-electron chi connectivity index (χ0n) is 8.92. The fourth-order valence-corrected chi connectivity index (χ4v) is 1.95. The van der Waals surface area contributed by atoms with E-state index in [1.54, 1.807) is 6.08 Å². The van der Waals surface area contributed by atoms with Crippen LogP contribution in [0.15, 0.2) is 42.1 Å². The fraction of sp³-hybridized carbons (Fsp3) is 0.0769. The number of ether oxygens (including phenoxy) is 1. The minimum absolute atomic E-state index is 0.0261. The third kappa shape index (κ3) is 1.63. The van der Waals surface area contributed by atoms with Crippen LogP contribution in [0.1, 0.15) is 5.56 Å². The summed E-state index contributed by atoms with van der Waals surface area (Å²) in [6.45, 7) is 0.0261. The van der Waals surface area contributed by atoms with Gasteiger partial charge in [-0.1, -0.05) is 24.3 Å². The zero-order valence-corrected chi connectivity index (χ0v) is 8.92. The van der Waals surface area contributed by atoms with Crippen LogP contribution in [-0.2, 0) is 0 Å². The second kappa shape index (κ2) is 3.59. The van der Waals surface area contributed by atoms with Gasteiger partial charge in [-0.2, -0.15) is 0 Å². The summed E-state index contributed by atoms with van der Waals surface area (Å²) in [7, 11) is 0. The van der Waals surface area contributed by atoms with Gasteiger partial charge in [0.05, 0.1) is 4.92 Å². The number of nitrogens with zero attached hydrogens (tertiary/aromatic N) is 1. The topological polar surface area (TPSA) is 52.4 Å². The number of hydrogen-bond acceptors (Lipinski definition) is 3. The molecule has 4 heteroatoms. The Kier molecular flexibility index (Phi) is 2.08. The average Bonchev–Trinajstić information content (AvgIpc) is 2.35. The summed E-state index contributed by atoms with van der Waals surface area (Å²) in [5.74, 6) is 0.703. The molecule has 0 aliphatic carbocycles. The van der Waals surface area contributed by atoms with Gasteiger partial charge in [-0.05, 0) is 22.9 Å². The van der Waals surface area contributed by atoms with Crippen LogP contribution in [0.4, 0.5) is 0 Å². The summed E-state index contributed by atoms with van der Waals surface area (Å²) in [6.07, 6.45) is 1.57. The summed E-state index contributed by atoms with van der Waals surface area (Å²) in [6, 6.07) is 11.7. The molecule has 2 aromatic carbocycles. The molecule has 0 fully saturated rings. The molecule has 0 bridgehead atoms. The molecule has 1 heterocycles. The van der Waals surface area contributed by atoms with E-state index in [0.717, 1.165) is 16.3 Å². The van der Waals surface area contributed by atoms with Crippen molar-refractivity contribution in [2.75, 3.05) is 6.61 Å². The quantitative estimate of drug-likeness (QED) is 0.556. The van der Waals surface area contributed by atoms with Gasteiger partial charge in [0.1, 0.15) is 5.75 Å². The highest BCUT2D eigenvalue weighted by Crippen LogP contribution is 2.31. The molecule has 3 rings (SSSR count). The van der Waals surface area contributed by atoms with Crippen molar-refractivity contribution < 1.29 is 9.66 Å². The molecule has 0 aromatic heterocycles. The monoisotopic (exact) mass is 227 g/mol. The lowest BCUT2D eigenvalue weighted by atomic mass is 10.0. The SMILES string of the molecule is O=[N+]([O-])C1=Cc2cc3ccccc3cc2OC1. The van der Waals surface area contributed by atoms with Gasteiger partial charge in [-0.3, -0.25) is 10.1 Å². The fourth-order valence-electron chi connectivity index (χ4n) is 1.95. The van der Waals surface area contributed by atoms with E-state index in [2.05, 4.69) is 0 Å². The third-order valence-electron chi connectivity index (χ3n) is 2.81. The zero-order chi connectivity index (χ0) is 11.8. The molecular formula is C13H9NO3. The molecule has 17 heavy (non-hydrogen) atoms. The first-order valence-electron chi connectivity index (χ1n) is 5.24. The van der Waals surface area contributed by atoms with E-state index in [1.165, 1.54) is 0 Å². The Morgan fingerprint density at radius 1 is 1.18 bits per heavy atom. The van der Waals surface area contributed by atoms with Crippen molar-refractivity contribution in [1.82, 2.24) is 0 Å². The predicted octanol–water partition coefficient (Wildman–Crippen LogP) is 2.85. The van der Waals surface area contributed by atoms with Crippen LogP contribution < -0.4 is 4.74 Å². The molecule has 0 atom stereocenters. The standard InChI is InChI=1S/C13H9NO3/c15-14(16)12-6-11-5-9-3-1-2-4-10(9)7-13(11)17-8-12/h1-7H,8H2. The molecule has 0 saturated heterocycles. The molecule has 0 saturated carbocycles. The lowest BCUT2D eigenvalue weighted by molar-refractivity contribution is -0.427. The van der Waals surface area contributed by atoms with Gasteiger partial charge >= 0.3 is 0 Å². The summed E-state index contributed by atoms with van der Waals surface area (Å²) in [5, 5.41) is 12.8. The second-order valence-corrected chi connectivity index (χ2v) is 3.92. The summed E-state index contributed by atoms with van der Waals surface area (Å²) < 4.78 is 5.40. The van der Waals surface area contributed by atoms with Gasteiger partial charge in [-0.15, -0.1) is 0 Å². The summed E-state index contributed by atoms with van der Waals surface area (Å²) >= 11 is 0. The molecule has 1 aliphatic rings. The maximum absolute atomic E-state index is 10.7. The predicted molar refractivity (Wildman–Crippen MR) is 64.4 cm³/mol. The van der Waals surface area contributed by atoms with Gasteiger partial charge in [0, 0.05) is 11.6 Å². The Hall–Kier alpha value is -2.36. The first-order chi connectivity index (χ1) is 8.24. The van der Waals surface area contributed by atoms with Gasteiger partial charge in [0.2, 0.25) is 0 Å². The molecule has 0 unspecified atom stereocenters. The number of hydrogen-bond donors (Lipinski definition) is 0.